The van der Waals surface area contributed by atoms with E-state index in [-0.39, 0.29) is 11.9 Å². The average molecular weight is 319 g/mol. The van der Waals surface area contributed by atoms with Gasteiger partial charge in [0, 0.05) is 12.6 Å². The van der Waals surface area contributed by atoms with Gasteiger partial charge in [-0.2, -0.15) is 0 Å². The number of nitrogens with zero attached hydrogens (tertiary/aromatic N) is 1. The van der Waals surface area contributed by atoms with Crippen LogP contribution < -0.4 is 4.74 Å². The molecule has 1 aliphatic rings. The third-order valence-corrected chi connectivity index (χ3v) is 4.52. The van der Waals surface area contributed by atoms with Crippen molar-refractivity contribution in [3.63, 3.8) is 0 Å². The molecule has 1 saturated heterocycles. The van der Waals surface area contributed by atoms with Gasteiger partial charge in [0.05, 0.1) is 14.2 Å². The summed E-state index contributed by atoms with van der Waals surface area (Å²) in [5.74, 6) is -0.422. The van der Waals surface area contributed by atoms with E-state index in [4.69, 9.17) is 9.47 Å². The molecule has 1 amide bonds. The summed E-state index contributed by atoms with van der Waals surface area (Å²) in [6.07, 6.45) is 3.24. The number of ether oxygens (including phenoxy) is 2. The lowest BCUT2D eigenvalue weighted by Gasteiger charge is -2.31. The second kappa shape index (κ2) is 7.99. The van der Waals surface area contributed by atoms with Gasteiger partial charge in [-0.25, -0.2) is 0 Å². The Balaban J connectivity index is 2.21. The van der Waals surface area contributed by atoms with Gasteiger partial charge >= 0.3 is 5.97 Å². The van der Waals surface area contributed by atoms with Crippen LogP contribution in [0.25, 0.3) is 0 Å². The van der Waals surface area contributed by atoms with Crippen LogP contribution in [0.15, 0.2) is 24.3 Å². The molecular formula is C18H25NO4. The molecule has 0 bridgehead atoms. The maximum Gasteiger partial charge on any atom is 0.318 e. The Kier molecular flexibility index (Phi) is 6.02. The summed E-state index contributed by atoms with van der Waals surface area (Å²) >= 11 is 0. The third-order valence-electron chi connectivity index (χ3n) is 4.52. The van der Waals surface area contributed by atoms with Gasteiger partial charge < -0.3 is 14.4 Å². The molecule has 1 aliphatic heterocycles. The number of hydrogen-bond acceptors (Lipinski definition) is 4. The number of benzene rings is 1. The summed E-state index contributed by atoms with van der Waals surface area (Å²) in [5, 5.41) is 0. The van der Waals surface area contributed by atoms with Crippen LogP contribution in [0.1, 0.15) is 38.2 Å². The van der Waals surface area contributed by atoms with Gasteiger partial charge in [-0.3, -0.25) is 9.59 Å². The van der Waals surface area contributed by atoms with E-state index in [1.54, 1.807) is 7.11 Å². The Morgan fingerprint density at radius 2 is 1.91 bits per heavy atom. The van der Waals surface area contributed by atoms with Crippen LogP contribution in [-0.4, -0.2) is 37.0 Å². The Bertz CT molecular complexity index is 540. The van der Waals surface area contributed by atoms with E-state index in [2.05, 4.69) is 6.92 Å². The molecule has 0 aromatic heterocycles. The van der Waals surface area contributed by atoms with E-state index >= 15 is 0 Å². The normalized spacial score (nSPS) is 21.7. The SMILES string of the molecule is CCC1CCCC(C(=O)OC)C(=O)N1Cc1ccc(OC)cc1. The summed E-state index contributed by atoms with van der Waals surface area (Å²) < 4.78 is 9.97. The summed E-state index contributed by atoms with van der Waals surface area (Å²) in [6, 6.07) is 7.85. The molecule has 23 heavy (non-hydrogen) atoms. The highest BCUT2D eigenvalue weighted by molar-refractivity contribution is 5.98. The van der Waals surface area contributed by atoms with Gasteiger partial charge in [-0.15, -0.1) is 0 Å². The predicted octanol–water partition coefficient (Wildman–Crippen LogP) is 2.78. The number of esters is 1. The molecule has 1 aromatic rings. The maximum absolute atomic E-state index is 12.8. The first-order chi connectivity index (χ1) is 11.1. The largest absolute Gasteiger partial charge is 0.497 e. The van der Waals surface area contributed by atoms with Crippen molar-refractivity contribution >= 4 is 11.9 Å². The zero-order valence-electron chi connectivity index (χ0n) is 14.1. The number of likely N-dealkylation sites (tertiary alicyclic amines) is 1. The minimum absolute atomic E-state index is 0.114. The number of methoxy groups -OCH3 is 2. The first kappa shape index (κ1) is 17.3. The van der Waals surface area contributed by atoms with Crippen LogP contribution in [0.5, 0.6) is 5.75 Å². The minimum atomic E-state index is -0.671. The van der Waals surface area contributed by atoms with Gasteiger partial charge in [0.25, 0.3) is 0 Å². The standard InChI is InChI=1S/C18H25NO4/c1-4-14-6-5-7-16(18(21)23-3)17(20)19(14)12-13-8-10-15(22-2)11-9-13/h8-11,14,16H,4-7,12H2,1-3H3. The van der Waals surface area contributed by atoms with Crippen LogP contribution in [-0.2, 0) is 20.9 Å². The van der Waals surface area contributed by atoms with Crippen molar-refractivity contribution in [1.82, 2.24) is 4.90 Å². The van der Waals surface area contributed by atoms with Crippen LogP contribution >= 0.6 is 0 Å². The Labute approximate surface area is 137 Å². The molecule has 126 valence electrons. The third kappa shape index (κ3) is 4.03. The maximum atomic E-state index is 12.8. The first-order valence-electron chi connectivity index (χ1n) is 8.12. The number of carbonyl (C=O) groups excluding carboxylic acids is 2. The second-order valence-corrected chi connectivity index (χ2v) is 5.88. The average Bonchev–Trinajstić information content (AvgIpc) is 2.74. The molecule has 1 aromatic carbocycles. The van der Waals surface area contributed by atoms with Gasteiger partial charge in [-0.1, -0.05) is 25.5 Å². The van der Waals surface area contributed by atoms with Gasteiger partial charge in [0.1, 0.15) is 11.7 Å². The van der Waals surface area contributed by atoms with E-state index in [0.29, 0.717) is 13.0 Å². The van der Waals surface area contributed by atoms with Crippen molar-refractivity contribution in [1.29, 1.82) is 0 Å². The highest BCUT2D eigenvalue weighted by atomic mass is 16.5. The van der Waals surface area contributed by atoms with Crippen molar-refractivity contribution in [3.8, 4) is 5.75 Å². The zero-order valence-corrected chi connectivity index (χ0v) is 14.1. The monoisotopic (exact) mass is 319 g/mol. The fourth-order valence-corrected chi connectivity index (χ4v) is 3.14. The smallest absolute Gasteiger partial charge is 0.318 e. The number of rotatable bonds is 5. The van der Waals surface area contributed by atoms with Gasteiger partial charge in [-0.05, 0) is 37.0 Å². The molecule has 5 nitrogen and oxygen atoms in total. The molecule has 2 atom stereocenters. The van der Waals surface area contributed by atoms with E-state index < -0.39 is 11.9 Å². The topological polar surface area (TPSA) is 55.8 Å². The van der Waals surface area contributed by atoms with Crippen molar-refractivity contribution in [2.75, 3.05) is 14.2 Å². The van der Waals surface area contributed by atoms with Gasteiger partial charge in [0.2, 0.25) is 5.91 Å². The second-order valence-electron chi connectivity index (χ2n) is 5.88. The molecule has 1 fully saturated rings. The molecular weight excluding hydrogens is 294 g/mol. The minimum Gasteiger partial charge on any atom is -0.497 e. The van der Waals surface area contributed by atoms with E-state index in [9.17, 15) is 9.59 Å². The van der Waals surface area contributed by atoms with E-state index in [1.807, 2.05) is 29.2 Å². The number of amides is 1. The fraction of sp³-hybridized carbons (Fsp3) is 0.556. The predicted molar refractivity (Wildman–Crippen MR) is 87.0 cm³/mol. The molecule has 0 radical (unpaired) electrons. The first-order valence-corrected chi connectivity index (χ1v) is 8.12. The lowest BCUT2D eigenvalue weighted by atomic mass is 10.0. The van der Waals surface area contributed by atoms with Crippen molar-refractivity contribution in [3.05, 3.63) is 29.8 Å². The Morgan fingerprint density at radius 3 is 2.48 bits per heavy atom. The highest BCUT2D eigenvalue weighted by Crippen LogP contribution is 2.27. The number of hydrogen-bond donors (Lipinski definition) is 0. The fourth-order valence-electron chi connectivity index (χ4n) is 3.14. The summed E-state index contributed by atoms with van der Waals surface area (Å²) in [4.78, 5) is 26.6. The van der Waals surface area contributed by atoms with Crippen molar-refractivity contribution in [2.24, 2.45) is 5.92 Å². The molecule has 0 N–H and O–H groups in total. The summed E-state index contributed by atoms with van der Waals surface area (Å²) in [7, 11) is 2.97. The molecule has 0 aliphatic carbocycles. The Morgan fingerprint density at radius 1 is 1.22 bits per heavy atom. The van der Waals surface area contributed by atoms with Crippen molar-refractivity contribution in [2.45, 2.75) is 45.2 Å². The quantitative estimate of drug-likeness (QED) is 0.618. The lowest BCUT2D eigenvalue weighted by molar-refractivity contribution is -0.154. The molecule has 2 rings (SSSR count). The lowest BCUT2D eigenvalue weighted by Crippen LogP contribution is -2.43. The number of carbonyl (C=O) groups is 2. The summed E-state index contributed by atoms with van der Waals surface area (Å²) in [6.45, 7) is 2.59. The molecule has 1 heterocycles. The van der Waals surface area contributed by atoms with Crippen molar-refractivity contribution < 1.29 is 19.1 Å². The van der Waals surface area contributed by atoms with Crippen LogP contribution in [0, 0.1) is 5.92 Å². The van der Waals surface area contributed by atoms with E-state index in [1.165, 1.54) is 7.11 Å². The molecule has 2 unspecified atom stereocenters. The van der Waals surface area contributed by atoms with Crippen LogP contribution in [0.2, 0.25) is 0 Å². The van der Waals surface area contributed by atoms with Crippen LogP contribution in [0.4, 0.5) is 0 Å². The van der Waals surface area contributed by atoms with Gasteiger partial charge in [0.15, 0.2) is 0 Å². The van der Waals surface area contributed by atoms with E-state index in [0.717, 1.165) is 30.6 Å². The molecule has 0 saturated carbocycles. The molecule has 5 heteroatoms. The zero-order chi connectivity index (χ0) is 16.8. The van der Waals surface area contributed by atoms with Crippen LogP contribution in [0.3, 0.4) is 0 Å². The molecule has 0 spiro atoms. The summed E-state index contributed by atoms with van der Waals surface area (Å²) in [5.41, 5.74) is 1.03. The highest BCUT2D eigenvalue weighted by Gasteiger charge is 2.36. The Hall–Kier alpha value is -2.04.